The van der Waals surface area contributed by atoms with Gasteiger partial charge in [0.25, 0.3) is 5.91 Å². The average molecular weight is 617 g/mol. The van der Waals surface area contributed by atoms with Crippen molar-refractivity contribution in [3.63, 3.8) is 0 Å². The Kier molecular flexibility index (Phi) is 13.3. The number of aromatic nitrogens is 1. The number of para-hydroxylation sites is 1. The molecule has 0 radical (unpaired) electrons. The number of hydrogen-bond acceptors (Lipinski definition) is 7. The first kappa shape index (κ1) is 35.7. The molecule has 0 saturated heterocycles. The standard InChI is InChI=1S/C30H44N6O8/c1-6-16(3)25(33-18(5)37)28(40)35-26(17(4)7-2)27(39)34-22(14-19-15-32-21-11-9-8-10-20(19)21)29(41)36(44)23(30(42)43)12-13-24(31)38/h8-11,15-17,22-23,25-26,32,44H,6-7,12-14H2,1-5H3,(H2,31,38)(H,33,37)(H,34,39)(H,35,40)(H,42,43)/t16?,17?,22-,23?,25-,26-/m0/s1. The number of benzene rings is 1. The number of fused-ring (bicyclic) bond motifs is 1. The average Bonchev–Trinajstić information content (AvgIpc) is 3.39. The van der Waals surface area contributed by atoms with Gasteiger partial charge in [-0.25, -0.2) is 9.86 Å². The van der Waals surface area contributed by atoms with Crippen molar-refractivity contribution < 1.29 is 39.1 Å². The summed E-state index contributed by atoms with van der Waals surface area (Å²) in [5.74, 6) is -5.90. The molecular formula is C30H44N6O8. The van der Waals surface area contributed by atoms with Crippen molar-refractivity contribution in [2.45, 2.75) is 90.9 Å². The van der Waals surface area contributed by atoms with E-state index in [0.29, 0.717) is 18.4 Å². The minimum absolute atomic E-state index is 0.00234. The summed E-state index contributed by atoms with van der Waals surface area (Å²) < 4.78 is 0. The lowest BCUT2D eigenvalue weighted by molar-refractivity contribution is -0.188. The highest BCUT2D eigenvalue weighted by molar-refractivity contribution is 5.95. The van der Waals surface area contributed by atoms with Crippen molar-refractivity contribution in [2.75, 3.05) is 0 Å². The number of hydroxylamine groups is 2. The SMILES string of the molecule is CCC(C)[C@H](NC(C)=O)C(=O)N[C@H](C(=O)N[C@@H](Cc1c[nH]c2ccccc12)C(=O)N(O)C(CCC(N)=O)C(=O)O)C(C)CC. The first-order valence-electron chi connectivity index (χ1n) is 14.7. The summed E-state index contributed by atoms with van der Waals surface area (Å²) >= 11 is 0. The smallest absolute Gasteiger partial charge is 0.329 e. The van der Waals surface area contributed by atoms with Crippen molar-refractivity contribution in [2.24, 2.45) is 17.6 Å². The summed E-state index contributed by atoms with van der Waals surface area (Å²) in [5.41, 5.74) is 6.50. The van der Waals surface area contributed by atoms with Crippen LogP contribution < -0.4 is 21.7 Å². The second-order valence-electron chi connectivity index (χ2n) is 11.1. The number of nitrogens with one attached hydrogen (secondary N) is 4. The number of hydrogen-bond donors (Lipinski definition) is 7. The molecule has 14 nitrogen and oxygen atoms in total. The van der Waals surface area contributed by atoms with Gasteiger partial charge in [-0.05, 0) is 29.9 Å². The van der Waals surface area contributed by atoms with Gasteiger partial charge in [0, 0.05) is 36.9 Å². The number of aromatic amines is 1. The molecule has 2 aromatic rings. The van der Waals surface area contributed by atoms with E-state index in [2.05, 4.69) is 20.9 Å². The van der Waals surface area contributed by atoms with Crippen molar-refractivity contribution in [3.05, 3.63) is 36.0 Å². The molecule has 3 unspecified atom stereocenters. The van der Waals surface area contributed by atoms with Gasteiger partial charge in [-0.1, -0.05) is 58.7 Å². The van der Waals surface area contributed by atoms with Crippen LogP contribution in [0.3, 0.4) is 0 Å². The van der Waals surface area contributed by atoms with Crippen LogP contribution in [0.25, 0.3) is 10.9 Å². The predicted molar refractivity (Wildman–Crippen MR) is 161 cm³/mol. The van der Waals surface area contributed by atoms with Gasteiger partial charge < -0.3 is 31.8 Å². The third-order valence-corrected chi connectivity index (χ3v) is 7.83. The number of nitrogens with two attached hydrogens (primary N) is 1. The van der Waals surface area contributed by atoms with Crippen molar-refractivity contribution in [1.29, 1.82) is 0 Å². The van der Waals surface area contributed by atoms with Crippen LogP contribution in [0.1, 0.15) is 65.9 Å². The Morgan fingerprint density at radius 1 is 0.932 bits per heavy atom. The topological polar surface area (TPSA) is 224 Å². The van der Waals surface area contributed by atoms with Gasteiger partial charge >= 0.3 is 5.97 Å². The number of carbonyl (C=O) groups is 6. The minimum atomic E-state index is -1.81. The van der Waals surface area contributed by atoms with Crippen molar-refractivity contribution in [1.82, 2.24) is 26.0 Å². The van der Waals surface area contributed by atoms with Crippen LogP contribution in [-0.2, 0) is 35.2 Å². The molecule has 0 saturated carbocycles. The van der Waals surface area contributed by atoms with Gasteiger partial charge in [0.05, 0.1) is 0 Å². The fourth-order valence-electron chi connectivity index (χ4n) is 4.79. The molecule has 44 heavy (non-hydrogen) atoms. The van der Waals surface area contributed by atoms with E-state index in [-0.39, 0.29) is 17.4 Å². The zero-order valence-corrected chi connectivity index (χ0v) is 25.8. The molecule has 2 rings (SSSR count). The maximum absolute atomic E-state index is 13.8. The van der Waals surface area contributed by atoms with Crippen molar-refractivity contribution in [3.8, 4) is 0 Å². The Labute approximate surface area is 256 Å². The fraction of sp³-hybridized carbons (Fsp3) is 0.533. The second kappa shape index (κ2) is 16.4. The lowest BCUT2D eigenvalue weighted by Gasteiger charge is -2.31. The van der Waals surface area contributed by atoms with E-state index >= 15 is 0 Å². The number of carboxylic acid groups (broad SMARTS) is 1. The molecule has 1 heterocycles. The van der Waals surface area contributed by atoms with E-state index in [4.69, 9.17) is 5.73 Å². The molecule has 6 atom stereocenters. The monoisotopic (exact) mass is 616 g/mol. The Bertz CT molecular complexity index is 1340. The molecule has 14 heteroatoms. The van der Waals surface area contributed by atoms with Crippen LogP contribution in [0.4, 0.5) is 0 Å². The number of H-pyrrole nitrogens is 1. The summed E-state index contributed by atoms with van der Waals surface area (Å²) in [4.78, 5) is 78.7. The number of carboxylic acids is 1. The van der Waals surface area contributed by atoms with E-state index in [1.54, 1.807) is 32.2 Å². The highest BCUT2D eigenvalue weighted by Gasteiger charge is 2.37. The number of primary amides is 1. The maximum atomic E-state index is 13.8. The molecule has 0 spiro atoms. The van der Waals surface area contributed by atoms with Gasteiger partial charge in [-0.2, -0.15) is 0 Å². The van der Waals surface area contributed by atoms with E-state index < -0.39 is 78.4 Å². The van der Waals surface area contributed by atoms with Gasteiger partial charge in [0.2, 0.25) is 23.6 Å². The zero-order chi connectivity index (χ0) is 33.1. The van der Waals surface area contributed by atoms with E-state index in [1.165, 1.54) is 6.92 Å². The number of amides is 5. The number of rotatable bonds is 17. The maximum Gasteiger partial charge on any atom is 0.329 e. The molecule has 5 amide bonds. The van der Waals surface area contributed by atoms with Gasteiger partial charge in [0.15, 0.2) is 6.04 Å². The number of nitrogens with zero attached hydrogens (tertiary/aromatic N) is 1. The first-order chi connectivity index (χ1) is 20.7. The van der Waals surface area contributed by atoms with Crippen LogP contribution >= 0.6 is 0 Å². The normalized spacial score (nSPS) is 15.2. The van der Waals surface area contributed by atoms with E-state index in [0.717, 1.165) is 10.9 Å². The van der Waals surface area contributed by atoms with Gasteiger partial charge in [-0.15, -0.1) is 0 Å². The summed E-state index contributed by atoms with van der Waals surface area (Å²) in [6, 6.07) is 1.89. The van der Waals surface area contributed by atoms with Crippen LogP contribution in [0, 0.1) is 11.8 Å². The third kappa shape index (κ3) is 9.53. The number of carbonyl (C=O) groups excluding carboxylic acids is 5. The number of aliphatic carboxylic acids is 1. The van der Waals surface area contributed by atoms with Crippen molar-refractivity contribution >= 4 is 46.4 Å². The quantitative estimate of drug-likeness (QED) is 0.101. The molecular weight excluding hydrogens is 572 g/mol. The third-order valence-electron chi connectivity index (χ3n) is 7.83. The summed E-state index contributed by atoms with van der Waals surface area (Å²) in [5, 5.41) is 29.1. The molecule has 0 aliphatic rings. The second-order valence-corrected chi connectivity index (χ2v) is 11.1. The Morgan fingerprint density at radius 2 is 1.50 bits per heavy atom. The predicted octanol–water partition coefficient (Wildman–Crippen LogP) is 1.21. The van der Waals surface area contributed by atoms with Crippen LogP contribution in [0.5, 0.6) is 0 Å². The van der Waals surface area contributed by atoms with Gasteiger partial charge in [-0.3, -0.25) is 29.2 Å². The first-order valence-corrected chi connectivity index (χ1v) is 14.7. The van der Waals surface area contributed by atoms with E-state index in [9.17, 15) is 39.1 Å². The summed E-state index contributed by atoms with van der Waals surface area (Å²) in [6.45, 7) is 8.50. The summed E-state index contributed by atoms with van der Waals surface area (Å²) in [7, 11) is 0. The molecule has 0 bridgehead atoms. The Morgan fingerprint density at radius 3 is 2.05 bits per heavy atom. The van der Waals surface area contributed by atoms with Crippen LogP contribution in [0.15, 0.2) is 30.5 Å². The zero-order valence-electron chi connectivity index (χ0n) is 25.8. The lowest BCUT2D eigenvalue weighted by Crippen LogP contribution is -2.60. The lowest BCUT2D eigenvalue weighted by atomic mass is 9.94. The fourth-order valence-corrected chi connectivity index (χ4v) is 4.79. The Hall–Kier alpha value is -4.46. The highest BCUT2D eigenvalue weighted by Crippen LogP contribution is 2.21. The van der Waals surface area contributed by atoms with Crippen LogP contribution in [0.2, 0.25) is 0 Å². The highest BCUT2D eigenvalue weighted by atomic mass is 16.5. The largest absolute Gasteiger partial charge is 0.480 e. The van der Waals surface area contributed by atoms with Crippen LogP contribution in [-0.4, -0.2) is 80.0 Å². The van der Waals surface area contributed by atoms with E-state index in [1.807, 2.05) is 26.0 Å². The Balaban J connectivity index is 2.45. The molecule has 242 valence electrons. The molecule has 8 N–H and O–H groups in total. The minimum Gasteiger partial charge on any atom is -0.480 e. The molecule has 0 fully saturated rings. The summed E-state index contributed by atoms with van der Waals surface area (Å²) in [6.07, 6.45) is 1.68. The molecule has 1 aromatic carbocycles. The molecule has 1 aromatic heterocycles. The van der Waals surface area contributed by atoms with Gasteiger partial charge in [0.1, 0.15) is 18.1 Å². The molecule has 0 aliphatic heterocycles. The molecule has 0 aliphatic carbocycles.